The molecule has 0 bridgehead atoms. The first-order chi connectivity index (χ1) is 7.99. The van der Waals surface area contributed by atoms with E-state index in [9.17, 15) is 4.79 Å². The molecule has 1 N–H and O–H groups in total. The summed E-state index contributed by atoms with van der Waals surface area (Å²) in [5, 5.41) is 8.99. The molecule has 2 aromatic heterocycles. The van der Waals surface area contributed by atoms with E-state index in [0.717, 1.165) is 12.1 Å². The minimum absolute atomic E-state index is 0.00102. The van der Waals surface area contributed by atoms with Crippen molar-refractivity contribution in [2.75, 3.05) is 14.1 Å². The lowest BCUT2D eigenvalue weighted by Crippen LogP contribution is -2.11. The van der Waals surface area contributed by atoms with Gasteiger partial charge in [0.25, 0.3) is 0 Å². The minimum atomic E-state index is -1.05. The van der Waals surface area contributed by atoms with Gasteiger partial charge < -0.3 is 10.0 Å². The van der Waals surface area contributed by atoms with Crippen molar-refractivity contribution in [3.05, 3.63) is 29.5 Å². The third-order valence-corrected chi connectivity index (χ3v) is 2.41. The fourth-order valence-electron chi connectivity index (χ4n) is 1.74. The first kappa shape index (κ1) is 11.5. The van der Waals surface area contributed by atoms with Gasteiger partial charge in [-0.1, -0.05) is 0 Å². The third-order valence-electron chi connectivity index (χ3n) is 2.41. The number of imidazole rings is 1. The molecule has 0 saturated heterocycles. The molecule has 2 rings (SSSR count). The van der Waals surface area contributed by atoms with Gasteiger partial charge in [0, 0.05) is 24.5 Å². The van der Waals surface area contributed by atoms with Gasteiger partial charge in [-0.15, -0.1) is 0 Å². The summed E-state index contributed by atoms with van der Waals surface area (Å²) in [4.78, 5) is 21.2. The quantitative estimate of drug-likeness (QED) is 0.850. The maximum absolute atomic E-state index is 11.0. The molecule has 0 unspecified atom stereocenters. The van der Waals surface area contributed by atoms with Gasteiger partial charge in [-0.3, -0.25) is 4.40 Å². The second-order valence-electron chi connectivity index (χ2n) is 4.21. The summed E-state index contributed by atoms with van der Waals surface area (Å²) in [6, 6.07) is 0. The van der Waals surface area contributed by atoms with E-state index in [2.05, 4.69) is 9.97 Å². The minimum Gasteiger partial charge on any atom is -0.476 e. The first-order valence-corrected chi connectivity index (χ1v) is 5.20. The average molecular weight is 234 g/mol. The average Bonchev–Trinajstić information content (AvgIpc) is 2.55. The highest BCUT2D eigenvalue weighted by Crippen LogP contribution is 2.12. The van der Waals surface area contributed by atoms with Crippen molar-refractivity contribution in [3.63, 3.8) is 0 Å². The zero-order valence-corrected chi connectivity index (χ0v) is 10.0. The Balaban J connectivity index is 2.55. The monoisotopic (exact) mass is 234 g/mol. The predicted octanol–water partition coefficient (Wildman–Crippen LogP) is 0.798. The van der Waals surface area contributed by atoms with Crippen LogP contribution in [-0.4, -0.2) is 44.4 Å². The summed E-state index contributed by atoms with van der Waals surface area (Å²) in [6.07, 6.45) is 3.56. The molecule has 6 heteroatoms. The molecule has 0 spiro atoms. The van der Waals surface area contributed by atoms with E-state index in [0.29, 0.717) is 11.5 Å². The van der Waals surface area contributed by atoms with Crippen molar-refractivity contribution >= 4 is 11.6 Å². The molecule has 0 radical (unpaired) electrons. The summed E-state index contributed by atoms with van der Waals surface area (Å²) in [5.41, 5.74) is 1.40. The molecule has 2 aromatic rings. The maximum Gasteiger partial charge on any atom is 0.358 e. The van der Waals surface area contributed by atoms with E-state index in [1.807, 2.05) is 25.2 Å². The smallest absolute Gasteiger partial charge is 0.358 e. The van der Waals surface area contributed by atoms with Crippen LogP contribution in [0.3, 0.4) is 0 Å². The summed E-state index contributed by atoms with van der Waals surface area (Å²) >= 11 is 0. The van der Waals surface area contributed by atoms with E-state index >= 15 is 0 Å². The van der Waals surface area contributed by atoms with E-state index in [-0.39, 0.29) is 5.69 Å². The van der Waals surface area contributed by atoms with Crippen LogP contribution in [0.5, 0.6) is 0 Å². The molecule has 0 saturated carbocycles. The number of aromatic carboxylic acids is 1. The Kier molecular flexibility index (Phi) is 2.81. The highest BCUT2D eigenvalue weighted by atomic mass is 16.4. The van der Waals surface area contributed by atoms with Gasteiger partial charge in [-0.2, -0.15) is 0 Å². The molecular weight excluding hydrogens is 220 g/mol. The van der Waals surface area contributed by atoms with Gasteiger partial charge in [-0.05, 0) is 21.0 Å². The summed E-state index contributed by atoms with van der Waals surface area (Å²) in [5.74, 6) is -0.422. The Morgan fingerprint density at radius 1 is 1.53 bits per heavy atom. The van der Waals surface area contributed by atoms with Crippen LogP contribution in [0.2, 0.25) is 0 Å². The van der Waals surface area contributed by atoms with Crippen LogP contribution < -0.4 is 0 Å². The fourth-order valence-corrected chi connectivity index (χ4v) is 1.74. The topological polar surface area (TPSA) is 70.7 Å². The predicted molar refractivity (Wildman–Crippen MR) is 62.1 cm³/mol. The summed E-state index contributed by atoms with van der Waals surface area (Å²) in [7, 11) is 3.93. The molecule has 0 fully saturated rings. The van der Waals surface area contributed by atoms with Gasteiger partial charge in [0.1, 0.15) is 5.82 Å². The molecule has 17 heavy (non-hydrogen) atoms. The van der Waals surface area contributed by atoms with Gasteiger partial charge in [0.05, 0.1) is 0 Å². The van der Waals surface area contributed by atoms with Crippen LogP contribution in [0.4, 0.5) is 0 Å². The van der Waals surface area contributed by atoms with Gasteiger partial charge in [0.2, 0.25) is 0 Å². The lowest BCUT2D eigenvalue weighted by molar-refractivity contribution is 0.0693. The lowest BCUT2D eigenvalue weighted by Gasteiger charge is -2.09. The zero-order chi connectivity index (χ0) is 12.6. The Bertz CT molecular complexity index is 574. The number of rotatable bonds is 3. The molecule has 0 atom stereocenters. The highest BCUT2D eigenvalue weighted by Gasteiger charge is 2.16. The molecule has 6 nitrogen and oxygen atoms in total. The van der Waals surface area contributed by atoms with Gasteiger partial charge in [-0.25, -0.2) is 14.8 Å². The number of aryl methyl sites for hydroxylation is 1. The number of carboxylic acids is 1. The number of nitrogens with zero attached hydrogens (tertiary/aromatic N) is 4. The van der Waals surface area contributed by atoms with E-state index in [1.54, 1.807) is 17.5 Å². The van der Waals surface area contributed by atoms with Crippen LogP contribution in [0.25, 0.3) is 5.65 Å². The molecule has 0 amide bonds. The molecule has 0 aromatic carbocycles. The van der Waals surface area contributed by atoms with E-state index in [1.165, 1.54) is 0 Å². The van der Waals surface area contributed by atoms with Crippen molar-refractivity contribution in [1.82, 2.24) is 19.3 Å². The molecule has 0 aliphatic heterocycles. The molecular formula is C11H14N4O2. The standard InChI is InChI=1S/C11H14N4O2/c1-7-13-9(11(16)17)10-12-4-8(5-14(2)3)6-15(7)10/h4,6H,5H2,1-3H3,(H,16,17). The van der Waals surface area contributed by atoms with Crippen molar-refractivity contribution < 1.29 is 9.90 Å². The van der Waals surface area contributed by atoms with Crippen LogP contribution in [0, 0.1) is 6.92 Å². The van der Waals surface area contributed by atoms with E-state index < -0.39 is 5.97 Å². The summed E-state index contributed by atoms with van der Waals surface area (Å²) < 4.78 is 1.71. The number of carbonyl (C=O) groups is 1. The van der Waals surface area contributed by atoms with Crippen LogP contribution in [0.15, 0.2) is 12.4 Å². The maximum atomic E-state index is 11.0. The number of carboxylic acid groups (broad SMARTS) is 1. The Morgan fingerprint density at radius 2 is 2.24 bits per heavy atom. The normalized spacial score (nSPS) is 11.3. The van der Waals surface area contributed by atoms with Crippen molar-refractivity contribution in [1.29, 1.82) is 0 Å². The SMILES string of the molecule is Cc1nc(C(=O)O)c2ncc(CN(C)C)cn12. The van der Waals surface area contributed by atoms with Crippen molar-refractivity contribution in [3.8, 4) is 0 Å². The lowest BCUT2D eigenvalue weighted by atomic mass is 10.3. The second kappa shape index (κ2) is 4.14. The number of aromatic nitrogens is 3. The number of hydrogen-bond acceptors (Lipinski definition) is 4. The highest BCUT2D eigenvalue weighted by molar-refractivity contribution is 5.92. The van der Waals surface area contributed by atoms with Crippen molar-refractivity contribution in [2.24, 2.45) is 0 Å². The Labute approximate surface area is 98.5 Å². The molecule has 2 heterocycles. The third kappa shape index (κ3) is 2.12. The van der Waals surface area contributed by atoms with Gasteiger partial charge >= 0.3 is 5.97 Å². The second-order valence-corrected chi connectivity index (χ2v) is 4.21. The Hall–Kier alpha value is -1.95. The van der Waals surface area contributed by atoms with Crippen LogP contribution in [0.1, 0.15) is 21.9 Å². The summed E-state index contributed by atoms with van der Waals surface area (Å²) in [6.45, 7) is 2.52. The Morgan fingerprint density at radius 3 is 2.82 bits per heavy atom. The zero-order valence-electron chi connectivity index (χ0n) is 10.0. The van der Waals surface area contributed by atoms with Gasteiger partial charge in [0.15, 0.2) is 11.3 Å². The van der Waals surface area contributed by atoms with Crippen LogP contribution in [-0.2, 0) is 6.54 Å². The first-order valence-electron chi connectivity index (χ1n) is 5.20. The molecule has 0 aliphatic carbocycles. The van der Waals surface area contributed by atoms with Crippen LogP contribution >= 0.6 is 0 Å². The van der Waals surface area contributed by atoms with E-state index in [4.69, 9.17) is 5.11 Å². The van der Waals surface area contributed by atoms with Crippen molar-refractivity contribution in [2.45, 2.75) is 13.5 Å². The molecule has 90 valence electrons. The fraction of sp³-hybridized carbons (Fsp3) is 0.364. The molecule has 0 aliphatic rings. The largest absolute Gasteiger partial charge is 0.476 e. The number of fused-ring (bicyclic) bond motifs is 1. The number of hydrogen-bond donors (Lipinski definition) is 1.